The van der Waals surface area contributed by atoms with E-state index < -0.39 is 0 Å². The summed E-state index contributed by atoms with van der Waals surface area (Å²) in [5.74, 6) is 2.17. The molecule has 0 fully saturated rings. The molecular weight excluding hydrogens is 456 g/mol. The fraction of sp³-hybridized carbons (Fsp3) is 0.250. The van der Waals surface area contributed by atoms with Gasteiger partial charge >= 0.3 is 0 Å². The molecule has 1 amide bonds. The third-order valence-electron chi connectivity index (χ3n) is 5.69. The monoisotopic (exact) mass is 486 g/mol. The highest BCUT2D eigenvalue weighted by Crippen LogP contribution is 2.28. The normalized spacial score (nSPS) is 11.8. The second-order valence-electron chi connectivity index (χ2n) is 8.60. The molecule has 0 spiro atoms. The zero-order valence-corrected chi connectivity index (χ0v) is 21.3. The standard InChI is InChI=1S/C28H30N4O2S/c1-19-8-12-24(13-9-19)32-27(30-31-28(32)35-18-23-7-5-6-20(2)16-23)21(3)29-26(33)17-22-10-14-25(34-4)15-11-22/h5-16,21H,17-18H2,1-4H3,(H,29,33). The van der Waals surface area contributed by atoms with E-state index in [1.165, 1.54) is 16.7 Å². The smallest absolute Gasteiger partial charge is 0.224 e. The first kappa shape index (κ1) is 24.5. The zero-order chi connectivity index (χ0) is 24.8. The Labute approximate surface area is 210 Å². The van der Waals surface area contributed by atoms with Crippen molar-refractivity contribution in [1.82, 2.24) is 20.1 Å². The van der Waals surface area contributed by atoms with Crippen LogP contribution >= 0.6 is 11.8 Å². The molecule has 0 bridgehead atoms. The van der Waals surface area contributed by atoms with Gasteiger partial charge < -0.3 is 10.1 Å². The van der Waals surface area contributed by atoms with Crippen molar-refractivity contribution in [1.29, 1.82) is 0 Å². The second-order valence-corrected chi connectivity index (χ2v) is 9.55. The number of nitrogens with one attached hydrogen (secondary N) is 1. The van der Waals surface area contributed by atoms with E-state index in [0.717, 1.165) is 27.9 Å². The van der Waals surface area contributed by atoms with Gasteiger partial charge in [0.1, 0.15) is 5.75 Å². The van der Waals surface area contributed by atoms with E-state index in [1.807, 2.05) is 35.8 Å². The fourth-order valence-corrected chi connectivity index (χ4v) is 4.73. The highest BCUT2D eigenvalue weighted by atomic mass is 32.2. The first-order valence-corrected chi connectivity index (χ1v) is 12.5. The minimum Gasteiger partial charge on any atom is -0.497 e. The number of aromatic nitrogens is 3. The lowest BCUT2D eigenvalue weighted by Gasteiger charge is -2.17. The number of hydrogen-bond acceptors (Lipinski definition) is 5. The molecule has 0 saturated carbocycles. The minimum absolute atomic E-state index is 0.0740. The second kappa shape index (κ2) is 11.2. The van der Waals surface area contributed by atoms with Crippen molar-refractivity contribution in [2.24, 2.45) is 0 Å². The number of methoxy groups -OCH3 is 1. The molecule has 0 aliphatic carbocycles. The van der Waals surface area contributed by atoms with Crippen molar-refractivity contribution in [2.75, 3.05) is 7.11 Å². The van der Waals surface area contributed by atoms with Crippen LogP contribution in [-0.2, 0) is 17.0 Å². The Morgan fingerprint density at radius 1 is 0.971 bits per heavy atom. The average Bonchev–Trinajstić information content (AvgIpc) is 3.28. The number of aryl methyl sites for hydroxylation is 2. The number of hydrogen-bond donors (Lipinski definition) is 1. The molecule has 1 aromatic heterocycles. The lowest BCUT2D eigenvalue weighted by molar-refractivity contribution is -0.121. The van der Waals surface area contributed by atoms with Crippen LogP contribution in [0.2, 0.25) is 0 Å². The van der Waals surface area contributed by atoms with Crippen LogP contribution < -0.4 is 10.1 Å². The molecule has 0 aliphatic rings. The Morgan fingerprint density at radius 2 is 1.71 bits per heavy atom. The van der Waals surface area contributed by atoms with Gasteiger partial charge in [0.25, 0.3) is 0 Å². The lowest BCUT2D eigenvalue weighted by atomic mass is 10.1. The van der Waals surface area contributed by atoms with Crippen LogP contribution in [0.5, 0.6) is 5.75 Å². The van der Waals surface area contributed by atoms with Gasteiger partial charge in [0.15, 0.2) is 11.0 Å². The molecule has 0 aliphatic heterocycles. The maximum atomic E-state index is 12.8. The number of ether oxygens (including phenoxy) is 1. The molecule has 4 aromatic rings. The summed E-state index contributed by atoms with van der Waals surface area (Å²) in [5, 5.41) is 12.9. The van der Waals surface area contributed by atoms with Crippen LogP contribution in [0.1, 0.15) is 41.0 Å². The number of amides is 1. The van der Waals surface area contributed by atoms with Crippen LogP contribution in [0.4, 0.5) is 0 Å². The maximum absolute atomic E-state index is 12.8. The van der Waals surface area contributed by atoms with Crippen LogP contribution in [0.3, 0.4) is 0 Å². The van der Waals surface area contributed by atoms with Gasteiger partial charge in [-0.3, -0.25) is 9.36 Å². The molecule has 1 atom stereocenters. The first-order chi connectivity index (χ1) is 16.9. The molecule has 7 heteroatoms. The topological polar surface area (TPSA) is 69.0 Å². The molecular formula is C28H30N4O2S. The zero-order valence-electron chi connectivity index (χ0n) is 20.5. The predicted octanol–water partition coefficient (Wildman–Crippen LogP) is 5.60. The van der Waals surface area contributed by atoms with E-state index in [2.05, 4.69) is 77.9 Å². The van der Waals surface area contributed by atoms with Crippen molar-refractivity contribution >= 4 is 17.7 Å². The summed E-state index contributed by atoms with van der Waals surface area (Å²) >= 11 is 1.64. The minimum atomic E-state index is -0.317. The third kappa shape index (κ3) is 6.31. The fourth-order valence-electron chi connectivity index (χ4n) is 3.83. The van der Waals surface area contributed by atoms with Crippen molar-refractivity contribution in [3.63, 3.8) is 0 Å². The molecule has 6 nitrogen and oxygen atoms in total. The van der Waals surface area contributed by atoms with Crippen LogP contribution in [0, 0.1) is 13.8 Å². The molecule has 3 aromatic carbocycles. The summed E-state index contributed by atoms with van der Waals surface area (Å²) < 4.78 is 7.23. The lowest BCUT2D eigenvalue weighted by Crippen LogP contribution is -2.30. The quantitative estimate of drug-likeness (QED) is 0.312. The first-order valence-electron chi connectivity index (χ1n) is 11.6. The summed E-state index contributed by atoms with van der Waals surface area (Å²) in [6.45, 7) is 6.10. The number of carbonyl (C=O) groups is 1. The van der Waals surface area contributed by atoms with Crippen LogP contribution in [-0.4, -0.2) is 27.8 Å². The summed E-state index contributed by atoms with van der Waals surface area (Å²) in [6, 6.07) is 23.9. The third-order valence-corrected chi connectivity index (χ3v) is 6.69. The largest absolute Gasteiger partial charge is 0.497 e. The number of carbonyl (C=O) groups excluding carboxylic acids is 1. The molecule has 1 N–H and O–H groups in total. The van der Waals surface area contributed by atoms with Gasteiger partial charge in [-0.05, 0) is 56.2 Å². The van der Waals surface area contributed by atoms with Gasteiger partial charge in [-0.1, -0.05) is 71.4 Å². The highest BCUT2D eigenvalue weighted by molar-refractivity contribution is 7.98. The van der Waals surface area contributed by atoms with Gasteiger partial charge in [0.05, 0.1) is 19.6 Å². The van der Waals surface area contributed by atoms with Crippen molar-refractivity contribution < 1.29 is 9.53 Å². The number of benzene rings is 3. The van der Waals surface area contributed by atoms with Gasteiger partial charge in [0.2, 0.25) is 5.91 Å². The molecule has 0 radical (unpaired) electrons. The molecule has 1 heterocycles. The van der Waals surface area contributed by atoms with Gasteiger partial charge in [-0.2, -0.15) is 0 Å². The van der Waals surface area contributed by atoms with Crippen LogP contribution in [0.25, 0.3) is 5.69 Å². The molecule has 35 heavy (non-hydrogen) atoms. The molecule has 1 unspecified atom stereocenters. The van der Waals surface area contributed by atoms with Crippen molar-refractivity contribution in [3.8, 4) is 11.4 Å². The number of nitrogens with zero attached hydrogens (tertiary/aromatic N) is 3. The summed E-state index contributed by atoms with van der Waals surface area (Å²) in [7, 11) is 1.63. The van der Waals surface area contributed by atoms with Crippen molar-refractivity contribution in [3.05, 3.63) is 101 Å². The van der Waals surface area contributed by atoms with E-state index >= 15 is 0 Å². The van der Waals surface area contributed by atoms with Gasteiger partial charge in [-0.15, -0.1) is 10.2 Å². The number of rotatable bonds is 9. The predicted molar refractivity (Wildman–Crippen MR) is 140 cm³/mol. The van der Waals surface area contributed by atoms with E-state index in [1.54, 1.807) is 18.9 Å². The van der Waals surface area contributed by atoms with Gasteiger partial charge in [-0.25, -0.2) is 0 Å². The van der Waals surface area contributed by atoms with E-state index in [9.17, 15) is 4.79 Å². The Balaban J connectivity index is 1.54. The molecule has 180 valence electrons. The highest BCUT2D eigenvalue weighted by Gasteiger charge is 2.21. The van der Waals surface area contributed by atoms with Gasteiger partial charge in [0, 0.05) is 11.4 Å². The SMILES string of the molecule is COc1ccc(CC(=O)NC(C)c2nnc(SCc3cccc(C)c3)n2-c2ccc(C)cc2)cc1. The summed E-state index contributed by atoms with van der Waals surface area (Å²) in [5.41, 5.74) is 5.54. The summed E-state index contributed by atoms with van der Waals surface area (Å²) in [6.07, 6.45) is 0.280. The van der Waals surface area contributed by atoms with E-state index in [4.69, 9.17) is 4.74 Å². The van der Waals surface area contributed by atoms with E-state index in [0.29, 0.717) is 5.82 Å². The van der Waals surface area contributed by atoms with Crippen molar-refractivity contribution in [2.45, 2.75) is 44.1 Å². The molecule has 4 rings (SSSR count). The van der Waals surface area contributed by atoms with Crippen LogP contribution in [0.15, 0.2) is 78.0 Å². The average molecular weight is 487 g/mol. The van der Waals surface area contributed by atoms with E-state index in [-0.39, 0.29) is 18.4 Å². The Bertz CT molecular complexity index is 1280. The Hall–Kier alpha value is -3.58. The summed E-state index contributed by atoms with van der Waals surface area (Å²) in [4.78, 5) is 12.8. The maximum Gasteiger partial charge on any atom is 0.224 e. The number of thioether (sulfide) groups is 1. The Kier molecular flexibility index (Phi) is 7.87. The molecule has 0 saturated heterocycles. The Morgan fingerprint density at radius 3 is 2.40 bits per heavy atom.